The summed E-state index contributed by atoms with van der Waals surface area (Å²) < 4.78 is 0. The van der Waals surface area contributed by atoms with Crippen molar-refractivity contribution in [2.75, 3.05) is 6.61 Å². The zero-order chi connectivity index (χ0) is 2.71. The molecule has 0 radical (unpaired) electrons. The molecule has 0 aromatic heterocycles. The Labute approximate surface area is 94.3 Å². The third kappa shape index (κ3) is 63.1. The minimum Gasteiger partial charge on any atom is -0.397 e. The molecule has 1 nitrogen and oxygen atoms in total. The molecular weight excluding hydrogens is 458 g/mol. The molecule has 0 amide bonds. The van der Waals surface area contributed by atoms with Crippen LogP contribution in [-0.2, 0) is 25.8 Å². The first kappa shape index (κ1) is 34.8. The summed E-state index contributed by atoms with van der Waals surface area (Å²) in [7, 11) is 0. The molecular formula is C2H9Br3HfO. The van der Waals surface area contributed by atoms with Gasteiger partial charge in [0.1, 0.15) is 0 Å². The van der Waals surface area contributed by atoms with Crippen LogP contribution in [0.25, 0.3) is 0 Å². The Hall–Kier alpha value is 2.27. The summed E-state index contributed by atoms with van der Waals surface area (Å²) in [6.45, 7) is 1.93. The molecule has 0 atom stereocenters. The van der Waals surface area contributed by atoms with Crippen molar-refractivity contribution in [2.24, 2.45) is 0 Å². The fraction of sp³-hybridized carbons (Fsp3) is 1.00. The van der Waals surface area contributed by atoms with E-state index in [9.17, 15) is 0 Å². The molecule has 48 valence electrons. The summed E-state index contributed by atoms with van der Waals surface area (Å²) in [6, 6.07) is 0. The molecule has 7 heavy (non-hydrogen) atoms. The Balaban J connectivity index is -0.00000000333. The van der Waals surface area contributed by atoms with Gasteiger partial charge in [-0.15, -0.1) is 50.9 Å². The number of aliphatic hydroxyl groups is 1. The van der Waals surface area contributed by atoms with Gasteiger partial charge in [-0.2, -0.15) is 0 Å². The summed E-state index contributed by atoms with van der Waals surface area (Å²) in [5.41, 5.74) is 0. The number of halogens is 3. The van der Waals surface area contributed by atoms with Crippen LogP contribution in [0.2, 0.25) is 0 Å². The first-order chi connectivity index (χ1) is 1.41. The monoisotopic (exact) mass is 466 g/mol. The van der Waals surface area contributed by atoms with Crippen LogP contribution in [0.5, 0.6) is 0 Å². The van der Waals surface area contributed by atoms with Gasteiger partial charge in [0.15, 0.2) is 0 Å². The predicted octanol–water partition coefficient (Wildman–Crippen LogP) is 1.73. The molecule has 0 aliphatic rings. The largest absolute Gasteiger partial charge is 0.397 e. The molecule has 1 N–H and O–H groups in total. The summed E-state index contributed by atoms with van der Waals surface area (Å²) in [6.07, 6.45) is 0. The molecule has 0 heterocycles. The average molecular weight is 467 g/mol. The van der Waals surface area contributed by atoms with Crippen molar-refractivity contribution >= 4 is 50.9 Å². The molecule has 0 bridgehead atoms. The van der Waals surface area contributed by atoms with Gasteiger partial charge in [0.25, 0.3) is 0 Å². The van der Waals surface area contributed by atoms with Crippen molar-refractivity contribution in [2.45, 2.75) is 6.92 Å². The molecule has 0 unspecified atom stereocenters. The van der Waals surface area contributed by atoms with Gasteiger partial charge in [0.05, 0.1) is 0 Å². The zero-order valence-electron chi connectivity index (χ0n) is 3.88. The standard InChI is InChI=1S/C2H6O.3BrH.Hf/c1-2-3;;;;/h3H,2H2,1H3;3*1H;. The summed E-state index contributed by atoms with van der Waals surface area (Å²) in [5, 5.41) is 7.57. The van der Waals surface area contributed by atoms with Crippen molar-refractivity contribution < 1.29 is 30.9 Å². The molecule has 0 spiro atoms. The van der Waals surface area contributed by atoms with E-state index < -0.39 is 0 Å². The Morgan fingerprint density at radius 2 is 1.14 bits per heavy atom. The van der Waals surface area contributed by atoms with Crippen LogP contribution >= 0.6 is 50.9 Å². The van der Waals surface area contributed by atoms with E-state index in [4.69, 9.17) is 5.11 Å². The van der Waals surface area contributed by atoms with E-state index in [0.717, 1.165) is 0 Å². The minimum atomic E-state index is 0. The maximum atomic E-state index is 7.57. The Morgan fingerprint density at radius 3 is 1.14 bits per heavy atom. The first-order valence-corrected chi connectivity index (χ1v) is 1.02. The van der Waals surface area contributed by atoms with E-state index in [1.807, 2.05) is 0 Å². The third-order valence-electron chi connectivity index (χ3n) is 0. The molecule has 0 aromatic carbocycles. The number of hydrogen-bond donors (Lipinski definition) is 1. The molecule has 0 aromatic rings. The van der Waals surface area contributed by atoms with E-state index in [0.29, 0.717) is 0 Å². The number of aliphatic hydroxyl groups excluding tert-OH is 1. The topological polar surface area (TPSA) is 20.2 Å². The van der Waals surface area contributed by atoms with Gasteiger partial charge >= 0.3 is 0 Å². The van der Waals surface area contributed by atoms with Crippen LogP contribution in [0.4, 0.5) is 0 Å². The molecule has 5 heteroatoms. The fourth-order valence-electron chi connectivity index (χ4n) is 0. The zero-order valence-corrected chi connectivity index (χ0v) is 12.6. The van der Waals surface area contributed by atoms with Gasteiger partial charge in [-0.1, -0.05) is 0 Å². The second-order valence-electron chi connectivity index (χ2n) is 0.316. The van der Waals surface area contributed by atoms with E-state index in [-0.39, 0.29) is 83.4 Å². The van der Waals surface area contributed by atoms with Crippen molar-refractivity contribution in [1.82, 2.24) is 0 Å². The van der Waals surface area contributed by atoms with Crippen LogP contribution in [0.3, 0.4) is 0 Å². The van der Waals surface area contributed by atoms with Crippen molar-refractivity contribution in [3.05, 3.63) is 0 Å². The summed E-state index contributed by atoms with van der Waals surface area (Å²) in [5.74, 6) is 0. The quantitative estimate of drug-likeness (QED) is 0.539. The van der Waals surface area contributed by atoms with Crippen LogP contribution in [0.1, 0.15) is 6.92 Å². The van der Waals surface area contributed by atoms with Gasteiger partial charge in [-0.05, 0) is 6.92 Å². The smallest absolute Gasteiger partial charge is 0.0402 e. The van der Waals surface area contributed by atoms with Crippen LogP contribution in [0.15, 0.2) is 0 Å². The maximum Gasteiger partial charge on any atom is 0.0402 e. The summed E-state index contributed by atoms with van der Waals surface area (Å²) in [4.78, 5) is 0. The van der Waals surface area contributed by atoms with Gasteiger partial charge < -0.3 is 5.11 Å². The van der Waals surface area contributed by atoms with Crippen LogP contribution in [-0.4, -0.2) is 11.7 Å². The Bertz CT molecular complexity index is 12.9. The van der Waals surface area contributed by atoms with Crippen LogP contribution in [0, 0.1) is 0 Å². The van der Waals surface area contributed by atoms with Gasteiger partial charge in [0.2, 0.25) is 0 Å². The van der Waals surface area contributed by atoms with E-state index in [1.54, 1.807) is 6.92 Å². The van der Waals surface area contributed by atoms with Crippen molar-refractivity contribution in [1.29, 1.82) is 0 Å². The molecule has 0 aliphatic carbocycles. The fourth-order valence-corrected chi connectivity index (χ4v) is 0. The van der Waals surface area contributed by atoms with Gasteiger partial charge in [-0.3, -0.25) is 0 Å². The van der Waals surface area contributed by atoms with E-state index >= 15 is 0 Å². The second-order valence-corrected chi connectivity index (χ2v) is 0.316. The van der Waals surface area contributed by atoms with Crippen LogP contribution < -0.4 is 0 Å². The number of rotatable bonds is 0. The van der Waals surface area contributed by atoms with Crippen molar-refractivity contribution in [3.8, 4) is 0 Å². The predicted molar refractivity (Wildman–Crippen MR) is 43.7 cm³/mol. The average Bonchev–Trinajstić information content (AvgIpc) is 0.918. The Kier molecular flexibility index (Phi) is 203. The molecule has 0 saturated heterocycles. The first-order valence-electron chi connectivity index (χ1n) is 1.02. The van der Waals surface area contributed by atoms with E-state index in [1.165, 1.54) is 0 Å². The maximum absolute atomic E-state index is 7.57. The Morgan fingerprint density at radius 1 is 1.14 bits per heavy atom. The molecule has 0 saturated carbocycles. The van der Waals surface area contributed by atoms with Gasteiger partial charge in [0, 0.05) is 32.5 Å². The number of hydrogen-bond acceptors (Lipinski definition) is 1. The normalized spacial score (nSPS) is 2.57. The summed E-state index contributed by atoms with van der Waals surface area (Å²) >= 11 is 0. The van der Waals surface area contributed by atoms with Gasteiger partial charge in [-0.25, -0.2) is 0 Å². The second kappa shape index (κ2) is 40.9. The minimum absolute atomic E-state index is 0. The van der Waals surface area contributed by atoms with E-state index in [2.05, 4.69) is 0 Å². The molecule has 0 aliphatic heterocycles. The third-order valence-corrected chi connectivity index (χ3v) is 0. The molecule has 0 rings (SSSR count). The molecule has 0 fully saturated rings. The van der Waals surface area contributed by atoms with Crippen molar-refractivity contribution in [3.63, 3.8) is 0 Å². The SMILES string of the molecule is Br.Br.Br.CCO.[Hf].